The molecule has 0 saturated carbocycles. The van der Waals surface area contributed by atoms with Crippen molar-refractivity contribution in [2.24, 2.45) is 10.7 Å². The van der Waals surface area contributed by atoms with Crippen molar-refractivity contribution in [3.8, 4) is 11.5 Å². The SMILES string of the molecule is COc1cccc(CN=C(N)NC2CCOc3ccccc32)c1. The quantitative estimate of drug-likeness (QED) is 0.673. The first-order chi connectivity index (χ1) is 11.3. The van der Waals surface area contributed by atoms with Crippen LogP contribution in [-0.4, -0.2) is 19.7 Å². The Hall–Kier alpha value is -2.69. The molecule has 120 valence electrons. The number of hydrogen-bond acceptors (Lipinski definition) is 3. The Labute approximate surface area is 136 Å². The van der Waals surface area contributed by atoms with Gasteiger partial charge in [0.15, 0.2) is 5.96 Å². The zero-order valence-electron chi connectivity index (χ0n) is 13.2. The number of aliphatic imine (C=N–C) groups is 1. The lowest BCUT2D eigenvalue weighted by Gasteiger charge is -2.26. The van der Waals surface area contributed by atoms with E-state index in [1.54, 1.807) is 7.11 Å². The van der Waals surface area contributed by atoms with Gasteiger partial charge in [0.25, 0.3) is 0 Å². The van der Waals surface area contributed by atoms with Gasteiger partial charge in [0.1, 0.15) is 11.5 Å². The fourth-order valence-electron chi connectivity index (χ4n) is 2.66. The van der Waals surface area contributed by atoms with Gasteiger partial charge in [0.2, 0.25) is 0 Å². The van der Waals surface area contributed by atoms with Crippen LogP contribution in [0.3, 0.4) is 0 Å². The lowest BCUT2D eigenvalue weighted by Crippen LogP contribution is -2.37. The van der Waals surface area contributed by atoms with Gasteiger partial charge in [-0.1, -0.05) is 30.3 Å². The Morgan fingerprint density at radius 2 is 2.17 bits per heavy atom. The molecule has 1 atom stereocenters. The summed E-state index contributed by atoms with van der Waals surface area (Å²) in [7, 11) is 1.65. The number of para-hydroxylation sites is 1. The summed E-state index contributed by atoms with van der Waals surface area (Å²) in [6.45, 7) is 1.19. The third-order valence-corrected chi connectivity index (χ3v) is 3.85. The Morgan fingerprint density at radius 1 is 1.30 bits per heavy atom. The van der Waals surface area contributed by atoms with E-state index in [0.29, 0.717) is 19.1 Å². The molecule has 2 aromatic carbocycles. The molecule has 0 aromatic heterocycles. The van der Waals surface area contributed by atoms with E-state index in [2.05, 4.69) is 16.4 Å². The van der Waals surface area contributed by atoms with E-state index in [1.807, 2.05) is 42.5 Å². The Kier molecular flexibility index (Phi) is 4.66. The molecule has 0 aliphatic carbocycles. The van der Waals surface area contributed by atoms with E-state index < -0.39 is 0 Å². The molecule has 23 heavy (non-hydrogen) atoms. The molecule has 0 fully saturated rings. The molecule has 3 N–H and O–H groups in total. The first kappa shape index (κ1) is 15.2. The van der Waals surface area contributed by atoms with Crippen LogP contribution in [0.15, 0.2) is 53.5 Å². The number of ether oxygens (including phenoxy) is 2. The summed E-state index contributed by atoms with van der Waals surface area (Å²) in [4.78, 5) is 4.42. The van der Waals surface area contributed by atoms with Crippen molar-refractivity contribution in [2.75, 3.05) is 13.7 Å². The molecule has 0 amide bonds. The maximum atomic E-state index is 6.05. The van der Waals surface area contributed by atoms with Crippen molar-refractivity contribution in [3.05, 3.63) is 59.7 Å². The van der Waals surface area contributed by atoms with Crippen molar-refractivity contribution in [3.63, 3.8) is 0 Å². The molecule has 0 radical (unpaired) electrons. The molecule has 0 bridgehead atoms. The molecule has 1 heterocycles. The summed E-state index contributed by atoms with van der Waals surface area (Å²) >= 11 is 0. The Balaban J connectivity index is 1.66. The van der Waals surface area contributed by atoms with Crippen LogP contribution in [0.25, 0.3) is 0 Å². The molecule has 1 aliphatic rings. The number of nitrogens with one attached hydrogen (secondary N) is 1. The third kappa shape index (κ3) is 3.74. The number of methoxy groups -OCH3 is 1. The van der Waals surface area contributed by atoms with Crippen LogP contribution in [-0.2, 0) is 6.54 Å². The van der Waals surface area contributed by atoms with Crippen LogP contribution in [0.5, 0.6) is 11.5 Å². The summed E-state index contributed by atoms with van der Waals surface area (Å²) < 4.78 is 10.9. The molecule has 1 unspecified atom stereocenters. The van der Waals surface area contributed by atoms with Gasteiger partial charge >= 0.3 is 0 Å². The van der Waals surface area contributed by atoms with Crippen molar-refractivity contribution >= 4 is 5.96 Å². The highest BCUT2D eigenvalue weighted by molar-refractivity contribution is 5.78. The van der Waals surface area contributed by atoms with E-state index in [1.165, 1.54) is 0 Å². The number of benzene rings is 2. The van der Waals surface area contributed by atoms with Gasteiger partial charge in [-0.15, -0.1) is 0 Å². The van der Waals surface area contributed by atoms with Crippen molar-refractivity contribution in [1.82, 2.24) is 5.32 Å². The number of rotatable bonds is 4. The minimum Gasteiger partial charge on any atom is -0.497 e. The predicted molar refractivity (Wildman–Crippen MR) is 90.8 cm³/mol. The zero-order chi connectivity index (χ0) is 16.1. The lowest BCUT2D eigenvalue weighted by molar-refractivity contribution is 0.262. The number of nitrogens with zero attached hydrogens (tertiary/aromatic N) is 1. The van der Waals surface area contributed by atoms with Gasteiger partial charge in [0, 0.05) is 12.0 Å². The molecule has 5 heteroatoms. The maximum absolute atomic E-state index is 6.05. The highest BCUT2D eigenvalue weighted by atomic mass is 16.5. The normalized spacial score (nSPS) is 17.1. The second-order valence-corrected chi connectivity index (χ2v) is 5.42. The molecular formula is C18H21N3O2. The average molecular weight is 311 g/mol. The smallest absolute Gasteiger partial charge is 0.189 e. The number of hydrogen-bond donors (Lipinski definition) is 2. The molecule has 1 aliphatic heterocycles. The monoisotopic (exact) mass is 311 g/mol. The van der Waals surface area contributed by atoms with Crippen LogP contribution < -0.4 is 20.5 Å². The molecule has 0 saturated heterocycles. The van der Waals surface area contributed by atoms with E-state index in [9.17, 15) is 0 Å². The summed E-state index contributed by atoms with van der Waals surface area (Å²) in [5, 5.41) is 3.29. The maximum Gasteiger partial charge on any atom is 0.189 e. The second-order valence-electron chi connectivity index (χ2n) is 5.42. The predicted octanol–water partition coefficient (Wildman–Crippen LogP) is 2.62. The van der Waals surface area contributed by atoms with Crippen molar-refractivity contribution in [2.45, 2.75) is 19.0 Å². The van der Waals surface area contributed by atoms with Gasteiger partial charge in [-0.25, -0.2) is 4.99 Å². The fourth-order valence-corrected chi connectivity index (χ4v) is 2.66. The fraction of sp³-hybridized carbons (Fsp3) is 0.278. The van der Waals surface area contributed by atoms with E-state index in [4.69, 9.17) is 15.2 Å². The lowest BCUT2D eigenvalue weighted by atomic mass is 10.0. The van der Waals surface area contributed by atoms with Crippen molar-refractivity contribution < 1.29 is 9.47 Å². The number of nitrogens with two attached hydrogens (primary N) is 1. The van der Waals surface area contributed by atoms with Gasteiger partial charge in [-0.05, 0) is 23.8 Å². The van der Waals surface area contributed by atoms with Crippen LogP contribution in [0.1, 0.15) is 23.6 Å². The summed E-state index contributed by atoms with van der Waals surface area (Å²) in [6.07, 6.45) is 0.867. The summed E-state index contributed by atoms with van der Waals surface area (Å²) in [5.41, 5.74) is 8.23. The number of fused-ring (bicyclic) bond motifs is 1. The highest BCUT2D eigenvalue weighted by Gasteiger charge is 2.21. The van der Waals surface area contributed by atoms with Gasteiger partial charge in [-0.3, -0.25) is 0 Å². The van der Waals surface area contributed by atoms with Gasteiger partial charge in [-0.2, -0.15) is 0 Å². The number of guanidine groups is 1. The van der Waals surface area contributed by atoms with Crippen molar-refractivity contribution in [1.29, 1.82) is 0 Å². The second kappa shape index (κ2) is 7.05. The Bertz CT molecular complexity index is 700. The average Bonchev–Trinajstić information content (AvgIpc) is 2.60. The summed E-state index contributed by atoms with van der Waals surface area (Å²) in [5.74, 6) is 2.17. The first-order valence-corrected chi connectivity index (χ1v) is 7.67. The van der Waals surface area contributed by atoms with E-state index in [0.717, 1.165) is 29.0 Å². The molecule has 5 nitrogen and oxygen atoms in total. The van der Waals surface area contributed by atoms with Crippen LogP contribution >= 0.6 is 0 Å². The van der Waals surface area contributed by atoms with Crippen LogP contribution in [0.4, 0.5) is 0 Å². The molecule has 0 spiro atoms. The first-order valence-electron chi connectivity index (χ1n) is 7.67. The molecule has 2 aromatic rings. The van der Waals surface area contributed by atoms with Gasteiger partial charge in [0.05, 0.1) is 26.3 Å². The van der Waals surface area contributed by atoms with Crippen LogP contribution in [0, 0.1) is 0 Å². The zero-order valence-corrected chi connectivity index (χ0v) is 13.2. The topological polar surface area (TPSA) is 68.9 Å². The van der Waals surface area contributed by atoms with Gasteiger partial charge < -0.3 is 20.5 Å². The standard InChI is InChI=1S/C18H21N3O2/c1-22-14-6-4-5-13(11-14)12-20-18(19)21-16-9-10-23-17-8-3-2-7-15(16)17/h2-8,11,16H,9-10,12H2,1H3,(H3,19,20,21). The largest absolute Gasteiger partial charge is 0.497 e. The minimum absolute atomic E-state index is 0.133. The molecule has 3 rings (SSSR count). The Morgan fingerprint density at radius 3 is 3.04 bits per heavy atom. The highest BCUT2D eigenvalue weighted by Crippen LogP contribution is 2.31. The third-order valence-electron chi connectivity index (χ3n) is 3.85. The molecular weight excluding hydrogens is 290 g/mol. The summed E-state index contributed by atoms with van der Waals surface area (Å²) in [6, 6.07) is 16.0. The minimum atomic E-state index is 0.133. The van der Waals surface area contributed by atoms with E-state index >= 15 is 0 Å². The van der Waals surface area contributed by atoms with E-state index in [-0.39, 0.29) is 6.04 Å². The van der Waals surface area contributed by atoms with Crippen LogP contribution in [0.2, 0.25) is 0 Å².